The Kier molecular flexibility index (Phi) is 4.68. The Labute approximate surface area is 156 Å². The molecular weight excluding hydrogens is 322 g/mol. The normalized spacial score (nSPS) is 17.6. The van der Waals surface area contributed by atoms with Crippen molar-refractivity contribution in [3.63, 3.8) is 0 Å². The van der Waals surface area contributed by atoms with Crippen LogP contribution in [0.25, 0.3) is 0 Å². The molecule has 1 aliphatic rings. The minimum Gasteiger partial charge on any atom is -0.478 e. The predicted molar refractivity (Wildman–Crippen MR) is 105 cm³/mol. The molecule has 0 amide bonds. The van der Waals surface area contributed by atoms with Crippen molar-refractivity contribution < 1.29 is 9.90 Å². The lowest BCUT2D eigenvalue weighted by Crippen LogP contribution is -2.34. The van der Waals surface area contributed by atoms with E-state index >= 15 is 0 Å². The highest BCUT2D eigenvalue weighted by atomic mass is 16.4. The molecule has 0 spiro atoms. The Morgan fingerprint density at radius 2 is 1.65 bits per heavy atom. The Balaban J connectivity index is 1.86. The van der Waals surface area contributed by atoms with Gasteiger partial charge in [0.1, 0.15) is 0 Å². The summed E-state index contributed by atoms with van der Waals surface area (Å²) in [5, 5.41) is 8.98. The van der Waals surface area contributed by atoms with E-state index in [2.05, 4.69) is 51.7 Å². The SMILES string of the molecule is Cc1cc2c(cc1CCc1ccc(C(=O)O)cn1)C(C)(C)CCC2(C)C. The van der Waals surface area contributed by atoms with E-state index in [1.54, 1.807) is 6.07 Å². The second kappa shape index (κ2) is 6.53. The van der Waals surface area contributed by atoms with Crippen LogP contribution in [0.1, 0.15) is 78.8 Å². The van der Waals surface area contributed by atoms with Crippen molar-refractivity contribution in [1.29, 1.82) is 0 Å². The highest BCUT2D eigenvalue weighted by Crippen LogP contribution is 2.46. The van der Waals surface area contributed by atoms with Crippen LogP contribution in [0.2, 0.25) is 0 Å². The Hall–Kier alpha value is -2.16. The first-order valence-corrected chi connectivity index (χ1v) is 9.43. The molecule has 26 heavy (non-hydrogen) atoms. The maximum absolute atomic E-state index is 10.9. The molecule has 2 aromatic rings. The molecule has 1 aromatic heterocycles. The van der Waals surface area contributed by atoms with Crippen molar-refractivity contribution in [3.05, 3.63) is 64.0 Å². The van der Waals surface area contributed by atoms with Gasteiger partial charge in [-0.25, -0.2) is 4.79 Å². The van der Waals surface area contributed by atoms with E-state index in [0.717, 1.165) is 18.5 Å². The van der Waals surface area contributed by atoms with E-state index in [1.165, 1.54) is 41.3 Å². The molecule has 138 valence electrons. The molecule has 1 aromatic carbocycles. The smallest absolute Gasteiger partial charge is 0.337 e. The molecule has 3 nitrogen and oxygen atoms in total. The zero-order chi connectivity index (χ0) is 19.1. The largest absolute Gasteiger partial charge is 0.478 e. The second-order valence-electron chi connectivity index (χ2n) is 8.94. The third kappa shape index (κ3) is 3.53. The van der Waals surface area contributed by atoms with Crippen LogP contribution in [0.3, 0.4) is 0 Å². The topological polar surface area (TPSA) is 50.2 Å². The summed E-state index contributed by atoms with van der Waals surface area (Å²) in [7, 11) is 0. The summed E-state index contributed by atoms with van der Waals surface area (Å²) in [5.41, 5.74) is 7.34. The van der Waals surface area contributed by atoms with Crippen molar-refractivity contribution in [2.24, 2.45) is 0 Å². The van der Waals surface area contributed by atoms with Gasteiger partial charge in [0.05, 0.1) is 5.56 Å². The first-order valence-electron chi connectivity index (χ1n) is 9.43. The van der Waals surface area contributed by atoms with Gasteiger partial charge < -0.3 is 5.11 Å². The fourth-order valence-corrected chi connectivity index (χ4v) is 4.00. The number of benzene rings is 1. The standard InChI is InChI=1S/C23H29NO2/c1-15-12-19-20(23(4,5)11-10-22(19,2)3)13-16(15)6-8-18-9-7-17(14-24-18)21(25)26/h7,9,12-14H,6,8,10-11H2,1-5H3,(H,25,26). The van der Waals surface area contributed by atoms with Gasteiger partial charge in [0, 0.05) is 11.9 Å². The first kappa shape index (κ1) is 18.6. The van der Waals surface area contributed by atoms with E-state index < -0.39 is 5.97 Å². The number of aromatic nitrogens is 1. The molecule has 0 atom stereocenters. The average molecular weight is 351 g/mol. The molecule has 0 radical (unpaired) electrons. The van der Waals surface area contributed by atoms with E-state index in [-0.39, 0.29) is 16.4 Å². The van der Waals surface area contributed by atoms with Gasteiger partial charge in [0.2, 0.25) is 0 Å². The number of pyridine rings is 1. The zero-order valence-corrected chi connectivity index (χ0v) is 16.5. The maximum atomic E-state index is 10.9. The number of rotatable bonds is 4. The lowest BCUT2D eigenvalue weighted by Gasteiger charge is -2.42. The fraction of sp³-hybridized carbons (Fsp3) is 0.478. The number of carboxylic acid groups (broad SMARTS) is 1. The van der Waals surface area contributed by atoms with Gasteiger partial charge in [0.25, 0.3) is 0 Å². The lowest BCUT2D eigenvalue weighted by molar-refractivity contribution is 0.0696. The van der Waals surface area contributed by atoms with Crippen molar-refractivity contribution in [1.82, 2.24) is 4.98 Å². The molecule has 0 saturated carbocycles. The number of hydrogen-bond donors (Lipinski definition) is 1. The molecule has 0 fully saturated rings. The van der Waals surface area contributed by atoms with Crippen LogP contribution in [0.4, 0.5) is 0 Å². The molecule has 0 aliphatic heterocycles. The van der Waals surface area contributed by atoms with Crippen LogP contribution in [-0.2, 0) is 23.7 Å². The van der Waals surface area contributed by atoms with E-state index in [1.807, 2.05) is 6.07 Å². The summed E-state index contributed by atoms with van der Waals surface area (Å²) in [6, 6.07) is 8.27. The number of carbonyl (C=O) groups is 1. The molecule has 1 aliphatic carbocycles. The quantitative estimate of drug-likeness (QED) is 0.821. The van der Waals surface area contributed by atoms with Crippen molar-refractivity contribution >= 4 is 5.97 Å². The van der Waals surface area contributed by atoms with Crippen LogP contribution in [0.15, 0.2) is 30.5 Å². The maximum Gasteiger partial charge on any atom is 0.337 e. The van der Waals surface area contributed by atoms with Gasteiger partial charge in [-0.3, -0.25) is 4.98 Å². The monoisotopic (exact) mass is 351 g/mol. The molecule has 1 heterocycles. The molecule has 0 saturated heterocycles. The van der Waals surface area contributed by atoms with Gasteiger partial charge in [-0.15, -0.1) is 0 Å². The highest BCUT2D eigenvalue weighted by Gasteiger charge is 2.37. The Morgan fingerprint density at radius 3 is 2.19 bits per heavy atom. The average Bonchev–Trinajstić information content (AvgIpc) is 2.58. The van der Waals surface area contributed by atoms with Gasteiger partial charge in [-0.2, -0.15) is 0 Å². The van der Waals surface area contributed by atoms with Crippen molar-refractivity contribution in [2.75, 3.05) is 0 Å². The van der Waals surface area contributed by atoms with E-state index in [0.29, 0.717) is 0 Å². The fourth-order valence-electron chi connectivity index (χ4n) is 4.00. The molecular formula is C23H29NO2. The Bertz CT molecular complexity index is 832. The summed E-state index contributed by atoms with van der Waals surface area (Å²) in [6.07, 6.45) is 5.64. The van der Waals surface area contributed by atoms with E-state index in [4.69, 9.17) is 5.11 Å². The second-order valence-corrected chi connectivity index (χ2v) is 8.94. The summed E-state index contributed by atoms with van der Waals surface area (Å²) in [4.78, 5) is 15.2. The van der Waals surface area contributed by atoms with Gasteiger partial charge in [0.15, 0.2) is 0 Å². The number of hydrogen-bond acceptors (Lipinski definition) is 2. The molecule has 0 unspecified atom stereocenters. The number of aryl methyl sites for hydroxylation is 3. The summed E-state index contributed by atoms with van der Waals surface area (Å²) >= 11 is 0. The van der Waals surface area contributed by atoms with Crippen molar-refractivity contribution in [3.8, 4) is 0 Å². The zero-order valence-electron chi connectivity index (χ0n) is 16.5. The molecule has 0 bridgehead atoms. The highest BCUT2D eigenvalue weighted by molar-refractivity contribution is 5.87. The van der Waals surface area contributed by atoms with E-state index in [9.17, 15) is 4.79 Å². The third-order valence-corrected chi connectivity index (χ3v) is 6.03. The van der Waals surface area contributed by atoms with Gasteiger partial charge >= 0.3 is 5.97 Å². The third-order valence-electron chi connectivity index (χ3n) is 6.03. The minimum atomic E-state index is -0.931. The Morgan fingerprint density at radius 1 is 1.04 bits per heavy atom. The summed E-state index contributed by atoms with van der Waals surface area (Å²) < 4.78 is 0. The lowest BCUT2D eigenvalue weighted by atomic mass is 9.62. The molecule has 1 N–H and O–H groups in total. The van der Waals surface area contributed by atoms with Crippen LogP contribution < -0.4 is 0 Å². The van der Waals surface area contributed by atoms with Gasteiger partial charge in [-0.1, -0.05) is 39.8 Å². The predicted octanol–water partition coefficient (Wildman–Crippen LogP) is 5.22. The van der Waals surface area contributed by atoms with Crippen molar-refractivity contribution in [2.45, 2.75) is 71.1 Å². The minimum absolute atomic E-state index is 0.217. The van der Waals surface area contributed by atoms with Crippen LogP contribution in [0, 0.1) is 6.92 Å². The number of aromatic carboxylic acids is 1. The summed E-state index contributed by atoms with van der Waals surface area (Å²) in [5.74, 6) is -0.931. The van der Waals surface area contributed by atoms with Gasteiger partial charge in [-0.05, 0) is 77.8 Å². The first-order chi connectivity index (χ1) is 12.1. The number of carboxylic acids is 1. The van der Waals surface area contributed by atoms with Crippen LogP contribution in [0.5, 0.6) is 0 Å². The van der Waals surface area contributed by atoms with Crippen LogP contribution >= 0.6 is 0 Å². The molecule has 3 heteroatoms. The molecule has 3 rings (SSSR count). The number of nitrogens with zero attached hydrogens (tertiary/aromatic N) is 1. The van der Waals surface area contributed by atoms with Crippen LogP contribution in [-0.4, -0.2) is 16.1 Å². The summed E-state index contributed by atoms with van der Waals surface area (Å²) in [6.45, 7) is 11.6. The number of fused-ring (bicyclic) bond motifs is 1.